The smallest absolute Gasteiger partial charge is 0.403 e. The number of amides is 1. The molecule has 0 spiro atoms. The van der Waals surface area contributed by atoms with Crippen LogP contribution in [0.1, 0.15) is 15.9 Å². The zero-order valence-electron chi connectivity index (χ0n) is 15.5. The van der Waals surface area contributed by atoms with Crippen LogP contribution >= 0.6 is 7.82 Å². The molecule has 4 aromatic rings. The van der Waals surface area contributed by atoms with E-state index < -0.39 is 13.7 Å². The second-order valence-corrected chi connectivity index (χ2v) is 7.91. The fourth-order valence-corrected chi connectivity index (χ4v) is 3.66. The molecular weight excluding hydrogens is 389 g/mol. The number of benzene rings is 4. The van der Waals surface area contributed by atoms with Crippen molar-refractivity contribution in [3.05, 3.63) is 83.9 Å². The van der Waals surface area contributed by atoms with Crippen molar-refractivity contribution in [1.82, 2.24) is 0 Å². The molecule has 0 aromatic heterocycles. The predicted octanol–water partition coefficient (Wildman–Crippen LogP) is 5.03. The number of hydrogen-bond acceptors (Lipinski definition) is 3. The van der Waals surface area contributed by atoms with Gasteiger partial charge >= 0.3 is 7.82 Å². The highest BCUT2D eigenvalue weighted by Gasteiger charge is 2.23. The summed E-state index contributed by atoms with van der Waals surface area (Å²) in [5.74, 6) is -0.690. The first-order chi connectivity index (χ1) is 13.8. The summed E-state index contributed by atoms with van der Waals surface area (Å²) >= 11 is 0. The Bertz CT molecular complexity index is 1300. The maximum absolute atomic E-state index is 12.9. The van der Waals surface area contributed by atoms with Gasteiger partial charge in [-0.2, -0.15) is 0 Å². The Labute approximate surface area is 167 Å². The number of anilines is 1. The van der Waals surface area contributed by atoms with Crippen LogP contribution in [-0.4, -0.2) is 15.7 Å². The zero-order chi connectivity index (χ0) is 20.6. The van der Waals surface area contributed by atoms with Gasteiger partial charge in [-0.25, -0.2) is 4.57 Å². The van der Waals surface area contributed by atoms with Gasteiger partial charge in [0, 0.05) is 5.69 Å². The zero-order valence-corrected chi connectivity index (χ0v) is 16.4. The first-order valence-corrected chi connectivity index (χ1v) is 10.4. The van der Waals surface area contributed by atoms with E-state index in [1.54, 1.807) is 18.2 Å². The van der Waals surface area contributed by atoms with Gasteiger partial charge in [0.2, 0.25) is 0 Å². The maximum Gasteiger partial charge on any atom is 0.524 e. The Hall–Kier alpha value is -3.18. The molecule has 0 unspecified atom stereocenters. The fourth-order valence-electron chi connectivity index (χ4n) is 3.26. The summed E-state index contributed by atoms with van der Waals surface area (Å²) < 4.78 is 16.3. The second kappa shape index (κ2) is 7.33. The predicted molar refractivity (Wildman–Crippen MR) is 113 cm³/mol. The van der Waals surface area contributed by atoms with Gasteiger partial charge in [0.05, 0.1) is 5.56 Å². The minimum Gasteiger partial charge on any atom is -0.403 e. The number of carbonyl (C=O) groups is 1. The molecule has 0 saturated heterocycles. The standard InChI is InChI=1S/C22H18NO5P/c1-14-6-2-5-9-20(14)23-22(24)19-12-17-10-15-7-3-4-8-16(15)11-18(17)13-21(19)28-29(25,26)27/h2-13H,1H3,(H,23,24)(H2,25,26,27). The Kier molecular flexibility index (Phi) is 4.84. The Balaban J connectivity index is 1.86. The van der Waals surface area contributed by atoms with Gasteiger partial charge in [0.1, 0.15) is 5.75 Å². The van der Waals surface area contributed by atoms with Gasteiger partial charge in [-0.05, 0) is 64.4 Å². The van der Waals surface area contributed by atoms with Gasteiger partial charge in [0.25, 0.3) is 5.91 Å². The van der Waals surface area contributed by atoms with Crippen molar-refractivity contribution in [3.8, 4) is 5.75 Å². The lowest BCUT2D eigenvalue weighted by molar-refractivity contribution is 0.102. The van der Waals surface area contributed by atoms with Crippen LogP contribution in [0.25, 0.3) is 21.5 Å². The molecule has 29 heavy (non-hydrogen) atoms. The van der Waals surface area contributed by atoms with Gasteiger partial charge < -0.3 is 9.84 Å². The van der Waals surface area contributed by atoms with Gasteiger partial charge in [-0.15, -0.1) is 0 Å². The number of hydrogen-bond donors (Lipinski definition) is 3. The highest BCUT2D eigenvalue weighted by molar-refractivity contribution is 7.46. The van der Waals surface area contributed by atoms with Crippen molar-refractivity contribution in [2.75, 3.05) is 5.32 Å². The lowest BCUT2D eigenvalue weighted by Gasteiger charge is -2.15. The number of phosphoric acid groups is 1. The quantitative estimate of drug-likeness (QED) is 0.326. The molecule has 1 amide bonds. The molecule has 0 aliphatic rings. The van der Waals surface area contributed by atoms with Gasteiger partial charge in [-0.3, -0.25) is 14.6 Å². The Morgan fingerprint density at radius 2 is 1.45 bits per heavy atom. The molecule has 3 N–H and O–H groups in total. The van der Waals surface area contributed by atoms with Crippen molar-refractivity contribution in [3.63, 3.8) is 0 Å². The number of carbonyl (C=O) groups excluding carboxylic acids is 1. The first-order valence-electron chi connectivity index (χ1n) is 8.89. The SMILES string of the molecule is Cc1ccccc1NC(=O)c1cc2cc3ccccc3cc2cc1OP(=O)(O)O. The monoisotopic (exact) mass is 407 g/mol. The van der Waals surface area contributed by atoms with E-state index >= 15 is 0 Å². The summed E-state index contributed by atoms with van der Waals surface area (Å²) in [7, 11) is -4.85. The van der Waals surface area contributed by atoms with Crippen molar-refractivity contribution in [1.29, 1.82) is 0 Å². The van der Waals surface area contributed by atoms with E-state index in [2.05, 4.69) is 5.32 Å². The highest BCUT2D eigenvalue weighted by Crippen LogP contribution is 2.41. The molecule has 0 aliphatic heterocycles. The molecule has 6 nitrogen and oxygen atoms in total. The van der Waals surface area contributed by atoms with Crippen molar-refractivity contribution in [2.24, 2.45) is 0 Å². The molecule has 0 saturated carbocycles. The summed E-state index contributed by atoms with van der Waals surface area (Å²) in [6.45, 7) is 1.86. The van der Waals surface area contributed by atoms with Gasteiger partial charge in [0.15, 0.2) is 0 Å². The van der Waals surface area contributed by atoms with E-state index in [1.807, 2.05) is 55.5 Å². The molecule has 7 heteroatoms. The van der Waals surface area contributed by atoms with Crippen molar-refractivity contribution in [2.45, 2.75) is 6.92 Å². The number of fused-ring (bicyclic) bond motifs is 2. The molecular formula is C22H18NO5P. The van der Waals surface area contributed by atoms with Crippen LogP contribution < -0.4 is 9.84 Å². The molecule has 4 aromatic carbocycles. The largest absolute Gasteiger partial charge is 0.524 e. The second-order valence-electron chi connectivity index (χ2n) is 6.75. The van der Waals surface area contributed by atoms with E-state index in [9.17, 15) is 19.1 Å². The van der Waals surface area contributed by atoms with Gasteiger partial charge in [-0.1, -0.05) is 42.5 Å². The third-order valence-corrected chi connectivity index (χ3v) is 5.09. The summed E-state index contributed by atoms with van der Waals surface area (Å²) in [5, 5.41) is 6.22. The number of phosphoric ester groups is 1. The normalized spacial score (nSPS) is 11.6. The minimum absolute atomic E-state index is 0.0411. The van der Waals surface area contributed by atoms with E-state index in [1.165, 1.54) is 6.07 Å². The Morgan fingerprint density at radius 3 is 2.07 bits per heavy atom. The molecule has 0 bridgehead atoms. The third-order valence-electron chi connectivity index (χ3n) is 4.66. The van der Waals surface area contributed by atoms with Crippen LogP contribution in [0.5, 0.6) is 5.75 Å². The average molecular weight is 407 g/mol. The summed E-state index contributed by atoms with van der Waals surface area (Å²) in [6.07, 6.45) is 0. The van der Waals surface area contributed by atoms with Crippen molar-refractivity contribution >= 4 is 41.0 Å². The summed E-state index contributed by atoms with van der Waals surface area (Å²) in [6, 6.07) is 21.9. The number of para-hydroxylation sites is 1. The average Bonchev–Trinajstić information content (AvgIpc) is 2.66. The van der Waals surface area contributed by atoms with Crippen LogP contribution in [0.4, 0.5) is 5.69 Å². The summed E-state index contributed by atoms with van der Waals surface area (Å²) in [4.78, 5) is 31.6. The third kappa shape index (κ3) is 4.15. The molecule has 0 fully saturated rings. The van der Waals surface area contributed by atoms with E-state index in [4.69, 9.17) is 4.52 Å². The van der Waals surface area contributed by atoms with Crippen LogP contribution in [0, 0.1) is 6.92 Å². The molecule has 4 rings (SSSR count). The first kappa shape index (κ1) is 19.2. The fraction of sp³-hybridized carbons (Fsp3) is 0.0455. The summed E-state index contributed by atoms with van der Waals surface area (Å²) in [5.41, 5.74) is 1.52. The number of rotatable bonds is 4. The van der Waals surface area contributed by atoms with E-state index in [-0.39, 0.29) is 11.3 Å². The van der Waals surface area contributed by atoms with E-state index in [0.29, 0.717) is 11.1 Å². The van der Waals surface area contributed by atoms with Crippen molar-refractivity contribution < 1.29 is 23.7 Å². The molecule has 0 atom stereocenters. The number of nitrogens with one attached hydrogen (secondary N) is 1. The lowest BCUT2D eigenvalue weighted by atomic mass is 10.0. The van der Waals surface area contributed by atoms with E-state index in [0.717, 1.165) is 21.7 Å². The highest BCUT2D eigenvalue weighted by atomic mass is 31.2. The molecule has 0 radical (unpaired) electrons. The van der Waals surface area contributed by atoms with Crippen LogP contribution in [0.3, 0.4) is 0 Å². The maximum atomic E-state index is 12.9. The molecule has 0 aliphatic carbocycles. The Morgan fingerprint density at radius 1 is 0.862 bits per heavy atom. The van der Waals surface area contributed by atoms with Crippen LogP contribution in [0.2, 0.25) is 0 Å². The number of aryl methyl sites for hydroxylation is 1. The molecule has 0 heterocycles. The molecule has 146 valence electrons. The lowest BCUT2D eigenvalue weighted by Crippen LogP contribution is -2.14. The minimum atomic E-state index is -4.85. The van der Waals surface area contributed by atoms with Crippen LogP contribution in [-0.2, 0) is 4.57 Å². The van der Waals surface area contributed by atoms with Crippen LogP contribution in [0.15, 0.2) is 72.8 Å². The topological polar surface area (TPSA) is 95.9 Å².